The van der Waals surface area contributed by atoms with Crippen LogP contribution in [0.1, 0.15) is 98.6 Å². The van der Waals surface area contributed by atoms with Gasteiger partial charge in [-0.15, -0.1) is 0 Å². The molecule has 0 radical (unpaired) electrons. The van der Waals surface area contributed by atoms with Crippen molar-refractivity contribution in [2.75, 3.05) is 0 Å². The maximum absolute atomic E-state index is 11.8. The Morgan fingerprint density at radius 2 is 0.818 bits per heavy atom. The predicted molar refractivity (Wildman–Crippen MR) is 211 cm³/mol. The van der Waals surface area contributed by atoms with E-state index >= 15 is 0 Å². The normalized spacial score (nSPS) is 10.6. The van der Waals surface area contributed by atoms with Crippen LogP contribution in [0.25, 0.3) is 0 Å². The van der Waals surface area contributed by atoms with Gasteiger partial charge < -0.3 is 25.2 Å². The van der Waals surface area contributed by atoms with Crippen molar-refractivity contribution in [3.8, 4) is 11.5 Å². The molecule has 2 N–H and O–H groups in total. The van der Waals surface area contributed by atoms with Crippen LogP contribution in [-0.4, -0.2) is 22.2 Å². The molecule has 0 aliphatic rings. The van der Waals surface area contributed by atoms with Gasteiger partial charge in [0.2, 0.25) is 0 Å². The maximum Gasteiger partial charge on any atom is 2.00 e. The van der Waals surface area contributed by atoms with E-state index < -0.39 is 17.7 Å². The van der Waals surface area contributed by atoms with Crippen LogP contribution in [0, 0.1) is 41.5 Å². The average molecular weight is 784 g/mol. The summed E-state index contributed by atoms with van der Waals surface area (Å²) < 4.78 is 0. The molecule has 0 bridgehead atoms. The third-order valence-corrected chi connectivity index (χ3v) is 9.86. The number of phenols is 1. The first-order valence-electron chi connectivity index (χ1n) is 18.0. The quantitative estimate of drug-likeness (QED) is 0.135. The molecule has 6 aromatic carbocycles. The number of hydrogen-bond donors (Lipinski definition) is 2. The van der Waals surface area contributed by atoms with Crippen molar-refractivity contribution in [2.45, 2.75) is 67.2 Å². The van der Waals surface area contributed by atoms with E-state index in [0.29, 0.717) is 12.8 Å². The van der Waals surface area contributed by atoms with Gasteiger partial charge in [-0.1, -0.05) is 114 Å². The molecule has 0 aromatic heterocycles. The predicted octanol–water partition coefficient (Wildman–Crippen LogP) is 8.43. The first-order valence-corrected chi connectivity index (χ1v) is 18.0. The average Bonchev–Trinajstić information content (AvgIpc) is 3.09. The summed E-state index contributed by atoms with van der Waals surface area (Å²) in [5, 5.41) is 41.5. The number of aromatic carboxylic acids is 2. The summed E-state index contributed by atoms with van der Waals surface area (Å²) in [6, 6.07) is 34.8. The molecule has 0 heterocycles. The summed E-state index contributed by atoms with van der Waals surface area (Å²) in [6.45, 7) is 12.9. The van der Waals surface area contributed by atoms with Crippen LogP contribution in [0.15, 0.2) is 109 Å². The van der Waals surface area contributed by atoms with Crippen LogP contribution >= 0.6 is 0 Å². The number of carbonyl (C=O) groups is 2. The van der Waals surface area contributed by atoms with Crippen molar-refractivity contribution >= 4 is 11.9 Å². The number of carboxylic acid groups (broad SMARTS) is 2. The van der Waals surface area contributed by atoms with Crippen LogP contribution in [0.2, 0.25) is 0 Å². The van der Waals surface area contributed by atoms with E-state index in [9.17, 15) is 24.9 Å². The van der Waals surface area contributed by atoms with Crippen LogP contribution in [0.4, 0.5) is 0 Å². The van der Waals surface area contributed by atoms with Crippen LogP contribution in [0.3, 0.4) is 0 Å². The smallest absolute Gasteiger partial charge is 0.872 e. The molecule has 0 unspecified atom stereocenters. The van der Waals surface area contributed by atoms with Crippen molar-refractivity contribution < 1.29 is 49.5 Å². The second kappa shape index (κ2) is 18.7. The number of hydrogen-bond acceptors (Lipinski definition) is 5. The third kappa shape index (κ3) is 11.3. The number of aryl methyl sites for hydroxylation is 6. The summed E-state index contributed by atoms with van der Waals surface area (Å²) >= 11 is 0. The first kappa shape index (κ1) is 42.2. The van der Waals surface area contributed by atoms with Crippen molar-refractivity contribution in [1.29, 1.82) is 0 Å². The molecule has 0 amide bonds. The number of carbonyl (C=O) groups excluding carboxylic acids is 1. The third-order valence-electron chi connectivity index (χ3n) is 9.86. The molecular formula is C48H46O6Zn. The Morgan fingerprint density at radius 3 is 1.15 bits per heavy atom. The topological polar surface area (TPSA) is 121 Å². The van der Waals surface area contributed by atoms with Gasteiger partial charge in [0, 0.05) is 0 Å². The van der Waals surface area contributed by atoms with Crippen molar-refractivity contribution in [1.82, 2.24) is 0 Å². The Hall–Kier alpha value is -5.52. The molecule has 6 nitrogen and oxygen atoms in total. The van der Waals surface area contributed by atoms with E-state index in [0.717, 1.165) is 35.1 Å². The molecule has 6 aromatic rings. The van der Waals surface area contributed by atoms with E-state index in [4.69, 9.17) is 5.11 Å². The fourth-order valence-electron chi connectivity index (χ4n) is 7.12. The largest absolute Gasteiger partial charge is 2.00 e. The molecular weight excluding hydrogens is 738 g/mol. The molecule has 0 saturated heterocycles. The first-order chi connectivity index (χ1) is 25.7. The van der Waals surface area contributed by atoms with Crippen molar-refractivity contribution in [3.05, 3.63) is 198 Å². The molecule has 276 valence electrons. The number of rotatable bonds is 10. The molecule has 7 heteroatoms. The number of aromatic hydroxyl groups is 1. The summed E-state index contributed by atoms with van der Waals surface area (Å²) in [6.07, 6.45) is 3.04. The minimum Gasteiger partial charge on any atom is -0.872 e. The van der Waals surface area contributed by atoms with Crippen LogP contribution in [0.5, 0.6) is 11.5 Å². The van der Waals surface area contributed by atoms with Gasteiger partial charge in [-0.05, 0) is 152 Å². The summed E-state index contributed by atoms with van der Waals surface area (Å²) in [7, 11) is 0. The molecule has 0 spiro atoms. The minimum atomic E-state index is -1.43. The summed E-state index contributed by atoms with van der Waals surface area (Å²) in [5.41, 5.74) is 16.6. The van der Waals surface area contributed by atoms with E-state index in [2.05, 4.69) is 114 Å². The Morgan fingerprint density at radius 1 is 0.491 bits per heavy atom. The fourth-order valence-corrected chi connectivity index (χ4v) is 7.12. The van der Waals surface area contributed by atoms with Gasteiger partial charge in [-0.2, -0.15) is 0 Å². The van der Waals surface area contributed by atoms with E-state index in [1.165, 1.54) is 79.9 Å². The Labute approximate surface area is 336 Å². The summed E-state index contributed by atoms with van der Waals surface area (Å²) in [4.78, 5) is 21.8. The number of benzene rings is 6. The zero-order chi connectivity index (χ0) is 39.1. The Kier molecular flexibility index (Phi) is 14.3. The molecule has 6 rings (SSSR count). The maximum atomic E-state index is 11.8. The van der Waals surface area contributed by atoms with E-state index in [1.54, 1.807) is 12.1 Å². The molecule has 0 saturated carbocycles. The van der Waals surface area contributed by atoms with Gasteiger partial charge in [-0.3, -0.25) is 0 Å². The van der Waals surface area contributed by atoms with Gasteiger partial charge in [0.25, 0.3) is 0 Å². The zero-order valence-corrected chi connectivity index (χ0v) is 35.4. The van der Waals surface area contributed by atoms with Crippen molar-refractivity contribution in [2.24, 2.45) is 0 Å². The van der Waals surface area contributed by atoms with Gasteiger partial charge in [0.1, 0.15) is 11.3 Å². The minimum absolute atomic E-state index is 0. The Balaban J connectivity index is 0.000000240. The van der Waals surface area contributed by atoms with Crippen LogP contribution in [-0.2, 0) is 45.2 Å². The van der Waals surface area contributed by atoms with Gasteiger partial charge in [0.15, 0.2) is 0 Å². The van der Waals surface area contributed by atoms with Gasteiger partial charge in [-0.25, -0.2) is 4.79 Å². The fraction of sp³-hybridized carbons (Fsp3) is 0.208. The van der Waals surface area contributed by atoms with Crippen molar-refractivity contribution in [3.63, 3.8) is 0 Å². The molecule has 55 heavy (non-hydrogen) atoms. The second-order valence-corrected chi connectivity index (χ2v) is 14.4. The van der Waals surface area contributed by atoms with Gasteiger partial charge in [0.05, 0.1) is 5.97 Å². The molecule has 0 aliphatic carbocycles. The monoisotopic (exact) mass is 782 g/mol. The standard InChI is InChI=1S/2C24H24O3.Zn/c2*1-15-10-16(2)22(17(3)11-15)13-19-6-4-18(5-7-19)12-20-8-9-21(24(26)27)23(25)14-20;/h2*4-11,14,25H,12-13H2,1-3H3,(H,26,27);/q;;+2/p-2. The Bertz CT molecular complexity index is 2100. The van der Waals surface area contributed by atoms with Crippen LogP contribution < -0.4 is 10.2 Å². The number of carboxylic acids is 2. The summed E-state index contributed by atoms with van der Waals surface area (Å²) in [5.74, 6) is -3.25. The molecule has 0 aliphatic heterocycles. The zero-order valence-electron chi connectivity index (χ0n) is 32.5. The van der Waals surface area contributed by atoms with Gasteiger partial charge >= 0.3 is 25.4 Å². The molecule has 0 fully saturated rings. The van der Waals surface area contributed by atoms with E-state index in [-0.39, 0.29) is 36.4 Å². The van der Waals surface area contributed by atoms with E-state index in [1.807, 2.05) is 0 Å². The molecule has 0 atom stereocenters. The second-order valence-electron chi connectivity index (χ2n) is 14.4. The SMILES string of the molecule is Cc1cc(C)c(Cc2ccc(Cc3ccc(C(=O)O)c(O)c3)cc2)c(C)c1.Cc1cc(C)c(Cc2ccc(Cc3ccc(C(=O)[O-])c([O-])c3)cc2)c(C)c1.[Zn+2].